The summed E-state index contributed by atoms with van der Waals surface area (Å²) in [4.78, 5) is 4.32. The van der Waals surface area contributed by atoms with Gasteiger partial charge in [0.25, 0.3) is 0 Å². The van der Waals surface area contributed by atoms with Crippen LogP contribution in [0.5, 0.6) is 11.5 Å². The molecule has 1 spiro atoms. The van der Waals surface area contributed by atoms with Gasteiger partial charge < -0.3 is 20.5 Å². The fourth-order valence-corrected chi connectivity index (χ4v) is 5.47. The van der Waals surface area contributed by atoms with Crippen molar-refractivity contribution < 1.29 is 13.9 Å². The highest BCUT2D eigenvalue weighted by molar-refractivity contribution is 6.36. The third kappa shape index (κ3) is 4.42. The summed E-state index contributed by atoms with van der Waals surface area (Å²) in [6.45, 7) is 3.70. The minimum Gasteiger partial charge on any atom is -0.487 e. The molecule has 1 fully saturated rings. The minimum absolute atomic E-state index is 0.0682. The van der Waals surface area contributed by atoms with Crippen LogP contribution >= 0.6 is 23.2 Å². The van der Waals surface area contributed by atoms with Crippen molar-refractivity contribution in [1.29, 1.82) is 0 Å². The molecule has 5 nitrogen and oxygen atoms in total. The van der Waals surface area contributed by atoms with E-state index in [0.29, 0.717) is 16.3 Å². The summed E-state index contributed by atoms with van der Waals surface area (Å²) in [6, 6.07) is 10.7. The molecule has 2 aliphatic heterocycles. The lowest BCUT2D eigenvalue weighted by atomic mass is 9.83. The summed E-state index contributed by atoms with van der Waals surface area (Å²) >= 11 is 12.4. The van der Waals surface area contributed by atoms with Gasteiger partial charge in [0.1, 0.15) is 23.3 Å². The molecule has 34 heavy (non-hydrogen) atoms. The standard InChI is InChI=1S/C26H26Cl2FN3O2/c1-15(23-19(27)4-5-20(29)24(23)28)33-22-13-18(14-32-25(22)30)17-3-2-16-6-7-26(34-21(16)12-17)8-10-31-11-9-26/h2-5,12-15,31H,6-11H2,1H3,(H2,30,32)/t15-/m1/s1. The number of hydrogen-bond donors (Lipinski definition) is 2. The lowest BCUT2D eigenvalue weighted by Gasteiger charge is -2.41. The monoisotopic (exact) mass is 501 g/mol. The van der Waals surface area contributed by atoms with Crippen LogP contribution in [0.3, 0.4) is 0 Å². The first-order chi connectivity index (χ1) is 16.3. The third-order valence-corrected chi connectivity index (χ3v) is 7.48. The maximum Gasteiger partial charge on any atom is 0.166 e. The molecular formula is C26H26Cl2FN3O2. The number of halogens is 3. The molecule has 0 saturated carbocycles. The fraction of sp³-hybridized carbons (Fsp3) is 0.346. The number of rotatable bonds is 4. The van der Waals surface area contributed by atoms with E-state index in [1.54, 1.807) is 13.1 Å². The Balaban J connectivity index is 1.42. The van der Waals surface area contributed by atoms with Gasteiger partial charge in [-0.25, -0.2) is 9.37 Å². The Bertz CT molecular complexity index is 1230. The molecule has 0 unspecified atom stereocenters. The van der Waals surface area contributed by atoms with Crippen molar-refractivity contribution in [3.63, 3.8) is 0 Å². The number of aryl methyl sites for hydroxylation is 1. The van der Waals surface area contributed by atoms with Gasteiger partial charge in [0, 0.05) is 22.3 Å². The van der Waals surface area contributed by atoms with Crippen molar-refractivity contribution in [3.05, 3.63) is 69.6 Å². The Morgan fingerprint density at radius 1 is 1.12 bits per heavy atom. The number of benzene rings is 2. The predicted octanol–water partition coefficient (Wildman–Crippen LogP) is 6.36. The van der Waals surface area contributed by atoms with E-state index in [2.05, 4.69) is 28.5 Å². The number of ether oxygens (including phenoxy) is 2. The van der Waals surface area contributed by atoms with E-state index in [9.17, 15) is 4.39 Å². The molecule has 1 saturated heterocycles. The summed E-state index contributed by atoms with van der Waals surface area (Å²) < 4.78 is 26.6. The van der Waals surface area contributed by atoms with Gasteiger partial charge in [-0.2, -0.15) is 0 Å². The first-order valence-corrected chi connectivity index (χ1v) is 12.2. The van der Waals surface area contributed by atoms with E-state index in [0.717, 1.165) is 55.6 Å². The second-order valence-electron chi connectivity index (χ2n) is 8.98. The highest BCUT2D eigenvalue weighted by Gasteiger charge is 2.37. The number of fused-ring (bicyclic) bond motifs is 1. The van der Waals surface area contributed by atoms with Crippen LogP contribution in [0.15, 0.2) is 42.6 Å². The second kappa shape index (κ2) is 9.25. The van der Waals surface area contributed by atoms with Crippen molar-refractivity contribution in [2.75, 3.05) is 18.8 Å². The molecule has 5 rings (SSSR count). The predicted molar refractivity (Wildman–Crippen MR) is 133 cm³/mol. The van der Waals surface area contributed by atoms with Crippen LogP contribution < -0.4 is 20.5 Å². The Morgan fingerprint density at radius 3 is 2.71 bits per heavy atom. The number of nitrogens with one attached hydrogen (secondary N) is 1. The van der Waals surface area contributed by atoms with Gasteiger partial charge in [-0.3, -0.25) is 0 Å². The molecule has 1 atom stereocenters. The van der Waals surface area contributed by atoms with Crippen molar-refractivity contribution >= 4 is 29.0 Å². The molecule has 0 bridgehead atoms. The van der Waals surface area contributed by atoms with Crippen LogP contribution in [0.25, 0.3) is 11.1 Å². The topological polar surface area (TPSA) is 69.4 Å². The summed E-state index contributed by atoms with van der Waals surface area (Å²) in [5.74, 6) is 0.963. The summed E-state index contributed by atoms with van der Waals surface area (Å²) in [5, 5.41) is 3.67. The zero-order valence-corrected chi connectivity index (χ0v) is 20.3. The normalized spacial score (nSPS) is 17.6. The Hall–Kier alpha value is -2.54. The fourth-order valence-electron chi connectivity index (χ4n) is 4.79. The maximum absolute atomic E-state index is 14.0. The molecule has 178 valence electrons. The zero-order chi connectivity index (χ0) is 23.9. The summed E-state index contributed by atoms with van der Waals surface area (Å²) in [7, 11) is 0. The van der Waals surface area contributed by atoms with Crippen LogP contribution in [0.1, 0.15) is 43.4 Å². The quantitative estimate of drug-likeness (QED) is 0.406. The molecule has 2 aromatic carbocycles. The second-order valence-corrected chi connectivity index (χ2v) is 9.77. The van der Waals surface area contributed by atoms with Gasteiger partial charge in [-0.1, -0.05) is 35.3 Å². The molecule has 2 aliphatic rings. The zero-order valence-electron chi connectivity index (χ0n) is 18.8. The molecule has 1 aromatic heterocycles. The van der Waals surface area contributed by atoms with Crippen molar-refractivity contribution in [3.8, 4) is 22.6 Å². The molecule has 3 heterocycles. The smallest absolute Gasteiger partial charge is 0.166 e. The Kier molecular flexibility index (Phi) is 6.32. The SMILES string of the molecule is C[C@@H](Oc1cc(-c2ccc3c(c2)OC2(CCNCC2)CC3)cnc1N)c1c(Cl)ccc(F)c1Cl. The maximum atomic E-state index is 14.0. The average Bonchev–Trinajstić information content (AvgIpc) is 2.83. The molecule has 0 radical (unpaired) electrons. The first kappa shape index (κ1) is 23.2. The molecule has 0 aliphatic carbocycles. The number of hydrogen-bond acceptors (Lipinski definition) is 5. The van der Waals surface area contributed by atoms with E-state index in [4.69, 9.17) is 38.4 Å². The van der Waals surface area contributed by atoms with Gasteiger partial charge in [0.05, 0.1) is 5.02 Å². The van der Waals surface area contributed by atoms with Crippen LogP contribution in [0.4, 0.5) is 10.2 Å². The number of anilines is 1. The van der Waals surface area contributed by atoms with Gasteiger partial charge in [0.15, 0.2) is 11.6 Å². The van der Waals surface area contributed by atoms with Crippen LogP contribution in [-0.4, -0.2) is 23.7 Å². The highest BCUT2D eigenvalue weighted by Crippen LogP contribution is 2.41. The Labute approximate surface area is 208 Å². The van der Waals surface area contributed by atoms with Crippen LogP contribution in [-0.2, 0) is 6.42 Å². The summed E-state index contributed by atoms with van der Waals surface area (Å²) in [5.41, 5.74) is 9.39. The highest BCUT2D eigenvalue weighted by atomic mass is 35.5. The van der Waals surface area contributed by atoms with Crippen LogP contribution in [0.2, 0.25) is 10.0 Å². The van der Waals surface area contributed by atoms with E-state index in [1.165, 1.54) is 17.7 Å². The van der Waals surface area contributed by atoms with Gasteiger partial charge in [0.2, 0.25) is 0 Å². The first-order valence-electron chi connectivity index (χ1n) is 11.4. The minimum atomic E-state index is -0.637. The molecule has 3 N–H and O–H groups in total. The van der Waals surface area contributed by atoms with E-state index >= 15 is 0 Å². The number of piperidine rings is 1. The van der Waals surface area contributed by atoms with Crippen molar-refractivity contribution in [2.24, 2.45) is 0 Å². The number of nitrogens with two attached hydrogens (primary N) is 1. The lowest BCUT2D eigenvalue weighted by molar-refractivity contribution is 0.0170. The molecule has 8 heteroatoms. The number of nitrogens with zero attached hydrogens (tertiary/aromatic N) is 1. The van der Waals surface area contributed by atoms with E-state index in [1.807, 2.05) is 6.07 Å². The van der Waals surface area contributed by atoms with E-state index < -0.39 is 11.9 Å². The molecular weight excluding hydrogens is 476 g/mol. The largest absolute Gasteiger partial charge is 0.487 e. The number of pyridine rings is 1. The van der Waals surface area contributed by atoms with Gasteiger partial charge in [-0.05, 0) is 81.1 Å². The summed E-state index contributed by atoms with van der Waals surface area (Å²) in [6.07, 6.45) is 5.16. The van der Waals surface area contributed by atoms with E-state index in [-0.39, 0.29) is 16.4 Å². The third-order valence-electron chi connectivity index (χ3n) is 6.76. The van der Waals surface area contributed by atoms with Crippen molar-refractivity contribution in [1.82, 2.24) is 10.3 Å². The lowest BCUT2D eigenvalue weighted by Crippen LogP contribution is -2.48. The average molecular weight is 502 g/mol. The van der Waals surface area contributed by atoms with Gasteiger partial charge >= 0.3 is 0 Å². The number of aromatic nitrogens is 1. The van der Waals surface area contributed by atoms with Crippen LogP contribution in [0, 0.1) is 5.82 Å². The Morgan fingerprint density at radius 2 is 1.91 bits per heavy atom. The molecule has 0 amide bonds. The van der Waals surface area contributed by atoms with Gasteiger partial charge in [-0.15, -0.1) is 0 Å². The molecule has 3 aromatic rings. The van der Waals surface area contributed by atoms with Crippen molar-refractivity contribution in [2.45, 2.75) is 44.3 Å². The number of nitrogen functional groups attached to an aromatic ring is 1.